The summed E-state index contributed by atoms with van der Waals surface area (Å²) in [5, 5.41) is 6.80. The molecule has 0 aliphatic rings. The van der Waals surface area contributed by atoms with Gasteiger partial charge in [-0.15, -0.1) is 0 Å². The summed E-state index contributed by atoms with van der Waals surface area (Å²) >= 11 is 0.191. The summed E-state index contributed by atoms with van der Waals surface area (Å²) < 4.78 is 54.8. The molecule has 2 aromatic carbocycles. The number of nitrogens with zero attached hydrogens (tertiary/aromatic N) is 3. The number of aromatic nitrogens is 4. The number of hydrogen-bond donors (Lipinski definition) is 4. The predicted octanol–water partition coefficient (Wildman–Crippen LogP) is 5.29. The third kappa shape index (κ3) is 7.18. The van der Waals surface area contributed by atoms with Crippen molar-refractivity contribution in [1.82, 2.24) is 20.2 Å². The van der Waals surface area contributed by atoms with E-state index in [4.69, 9.17) is 15.2 Å². The second-order valence-corrected chi connectivity index (χ2v) is 9.36. The number of carbonyl (C=O) groups is 1. The topological polar surface area (TPSA) is 140 Å². The molecule has 5 N–H and O–H groups in total. The average Bonchev–Trinajstić information content (AvgIpc) is 3.32. The molecule has 0 saturated heterocycles. The number of carbonyl (C=O) groups excluding carboxylic acids is 1. The summed E-state index contributed by atoms with van der Waals surface area (Å²) in [7, 11) is 1.47. The number of anilines is 3. The Labute approximate surface area is 225 Å². The Hall–Kier alpha value is -4.30. The number of aromatic amines is 1. The van der Waals surface area contributed by atoms with E-state index in [1.165, 1.54) is 62.1 Å². The first-order chi connectivity index (χ1) is 18.6. The Morgan fingerprint density at radius 3 is 2.62 bits per heavy atom. The number of H-pyrrole nitrogens is 1. The largest absolute Gasteiger partial charge is 0.481 e. The van der Waals surface area contributed by atoms with Crippen molar-refractivity contribution in [3.63, 3.8) is 0 Å². The van der Waals surface area contributed by atoms with Gasteiger partial charge in [0.25, 0.3) is 5.91 Å². The van der Waals surface area contributed by atoms with Crippen LogP contribution in [0.25, 0.3) is 11.3 Å². The summed E-state index contributed by atoms with van der Waals surface area (Å²) in [4.78, 5) is 20.5. The van der Waals surface area contributed by atoms with Crippen LogP contribution in [-0.4, -0.2) is 45.0 Å². The molecule has 2 heterocycles. The van der Waals surface area contributed by atoms with Gasteiger partial charge in [-0.2, -0.15) is 13.9 Å². The van der Waals surface area contributed by atoms with E-state index in [2.05, 4.69) is 30.2 Å². The van der Waals surface area contributed by atoms with Gasteiger partial charge in [-0.1, -0.05) is 18.2 Å². The average molecular weight is 560 g/mol. The number of nitrogens with one attached hydrogen (secondary N) is 3. The molecule has 4 aromatic rings. The van der Waals surface area contributed by atoms with Crippen molar-refractivity contribution in [3.05, 3.63) is 78.0 Å². The third-order valence-electron chi connectivity index (χ3n) is 5.25. The zero-order valence-corrected chi connectivity index (χ0v) is 21.6. The molecule has 2 aromatic heterocycles. The number of benzene rings is 2. The number of rotatable bonds is 12. The van der Waals surface area contributed by atoms with Gasteiger partial charge >= 0.3 is 5.25 Å². The molecule has 0 unspecified atom stereocenters. The first-order valence-electron chi connectivity index (χ1n) is 11.4. The molecule has 0 bridgehead atoms. The van der Waals surface area contributed by atoms with E-state index in [0.29, 0.717) is 16.9 Å². The van der Waals surface area contributed by atoms with Gasteiger partial charge in [0, 0.05) is 43.9 Å². The zero-order chi connectivity index (χ0) is 28.0. The summed E-state index contributed by atoms with van der Waals surface area (Å²) in [5.41, 5.74) is 7.11. The van der Waals surface area contributed by atoms with Gasteiger partial charge in [-0.3, -0.25) is 14.9 Å². The number of nitrogens with two attached hydrogens (primary N) is 1. The lowest BCUT2D eigenvalue weighted by Crippen LogP contribution is -2.15. The molecular weight excluding hydrogens is 535 g/mol. The van der Waals surface area contributed by atoms with E-state index in [-0.39, 0.29) is 47.1 Å². The lowest BCUT2D eigenvalue weighted by molar-refractivity contribution is 0.0815. The minimum absolute atomic E-state index is 0.0359. The van der Waals surface area contributed by atoms with Crippen LogP contribution in [0.1, 0.15) is 28.9 Å². The summed E-state index contributed by atoms with van der Waals surface area (Å²) in [5.74, 6) is -0.522. The minimum atomic E-state index is -3.08. The van der Waals surface area contributed by atoms with Gasteiger partial charge in [0.1, 0.15) is 40.6 Å². The lowest BCUT2D eigenvalue weighted by Gasteiger charge is -2.22. The number of alkyl halides is 2. The summed E-state index contributed by atoms with van der Waals surface area (Å²) in [6, 6.07) is 10.2. The van der Waals surface area contributed by atoms with Crippen molar-refractivity contribution in [2.75, 3.05) is 23.8 Å². The molecule has 14 heteroatoms. The first-order valence-corrected chi connectivity index (χ1v) is 12.2. The van der Waals surface area contributed by atoms with E-state index in [1.54, 1.807) is 6.07 Å². The monoisotopic (exact) mass is 559 g/mol. The van der Waals surface area contributed by atoms with Crippen LogP contribution in [0.2, 0.25) is 0 Å². The van der Waals surface area contributed by atoms with Gasteiger partial charge in [0.05, 0.1) is 18.5 Å². The number of hydrogen-bond acceptors (Lipinski definition) is 9. The van der Waals surface area contributed by atoms with E-state index in [1.807, 2.05) is 0 Å². The highest BCUT2D eigenvalue weighted by Crippen LogP contribution is 2.39. The van der Waals surface area contributed by atoms with Crippen molar-refractivity contribution in [3.8, 4) is 17.0 Å². The van der Waals surface area contributed by atoms with Gasteiger partial charge in [-0.05, 0) is 29.8 Å². The SMILES string of the molecule is COC[C@H](Oc1cc(-c2n[nH]c(Nc3cnccn3)c2C(N)=O)ccc1NSC(C)(F)F)c1ccc(F)cc1. The van der Waals surface area contributed by atoms with Crippen LogP contribution < -0.4 is 20.5 Å². The molecule has 0 aliphatic carbocycles. The zero-order valence-electron chi connectivity index (χ0n) is 20.7. The molecular formula is C25H24F3N7O3S. The van der Waals surface area contributed by atoms with Crippen molar-refractivity contribution in [2.24, 2.45) is 5.73 Å². The molecule has 1 atom stereocenters. The maximum atomic E-state index is 13.6. The number of halogens is 3. The predicted molar refractivity (Wildman–Crippen MR) is 141 cm³/mol. The maximum absolute atomic E-state index is 13.6. The Morgan fingerprint density at radius 1 is 1.21 bits per heavy atom. The van der Waals surface area contributed by atoms with Crippen molar-refractivity contribution in [2.45, 2.75) is 18.3 Å². The standard InChI is InChI=1S/C25H24F3N7O3S/c1-25(27,28)39-35-17-8-5-15(11-18(17)38-19(13-37-2)14-3-6-16(26)7-4-14)22-21(23(29)36)24(34-33-22)32-20-12-30-9-10-31-20/h3-12,19,35H,13H2,1-2H3,(H2,29,36)(H2,31,32,33,34)/t19-/m0/s1. The minimum Gasteiger partial charge on any atom is -0.481 e. The molecule has 10 nitrogen and oxygen atoms in total. The molecule has 0 radical (unpaired) electrons. The van der Waals surface area contributed by atoms with Crippen LogP contribution in [0.5, 0.6) is 5.75 Å². The smallest absolute Gasteiger partial charge is 0.309 e. The highest BCUT2D eigenvalue weighted by Gasteiger charge is 2.25. The van der Waals surface area contributed by atoms with Crippen LogP contribution in [0, 0.1) is 5.82 Å². The molecule has 0 spiro atoms. The second-order valence-electron chi connectivity index (χ2n) is 8.24. The molecule has 39 heavy (non-hydrogen) atoms. The van der Waals surface area contributed by atoms with Crippen molar-refractivity contribution in [1.29, 1.82) is 0 Å². The summed E-state index contributed by atoms with van der Waals surface area (Å²) in [6.45, 7) is 0.827. The number of ether oxygens (including phenoxy) is 2. The number of amides is 1. The van der Waals surface area contributed by atoms with Crippen LogP contribution in [0.4, 0.5) is 30.5 Å². The van der Waals surface area contributed by atoms with Crippen LogP contribution in [0.3, 0.4) is 0 Å². The second kappa shape index (κ2) is 12.0. The van der Waals surface area contributed by atoms with Gasteiger partial charge < -0.3 is 25.2 Å². The van der Waals surface area contributed by atoms with E-state index in [0.717, 1.165) is 6.92 Å². The number of methoxy groups -OCH3 is 1. The van der Waals surface area contributed by atoms with Gasteiger partial charge in [0.2, 0.25) is 0 Å². The Balaban J connectivity index is 1.74. The lowest BCUT2D eigenvalue weighted by atomic mass is 10.1. The Bertz CT molecular complexity index is 1420. The molecule has 0 saturated carbocycles. The molecule has 4 rings (SSSR count). The quantitative estimate of drug-likeness (QED) is 0.171. The highest BCUT2D eigenvalue weighted by atomic mass is 32.2. The maximum Gasteiger partial charge on any atom is 0.309 e. The fraction of sp³-hybridized carbons (Fsp3) is 0.200. The van der Waals surface area contributed by atoms with Crippen LogP contribution >= 0.6 is 11.9 Å². The van der Waals surface area contributed by atoms with E-state index >= 15 is 0 Å². The first kappa shape index (κ1) is 27.7. The normalized spacial score (nSPS) is 12.1. The highest BCUT2D eigenvalue weighted by molar-refractivity contribution is 8.01. The van der Waals surface area contributed by atoms with Gasteiger partial charge in [0.15, 0.2) is 0 Å². The Kier molecular flexibility index (Phi) is 8.56. The number of primary amides is 1. The van der Waals surface area contributed by atoms with Crippen LogP contribution in [-0.2, 0) is 4.74 Å². The fourth-order valence-corrected chi connectivity index (χ4v) is 4.01. The van der Waals surface area contributed by atoms with Crippen LogP contribution in [0.15, 0.2) is 61.1 Å². The molecule has 204 valence electrons. The Morgan fingerprint density at radius 2 is 1.97 bits per heavy atom. The van der Waals surface area contributed by atoms with Gasteiger partial charge in [-0.25, -0.2) is 9.37 Å². The van der Waals surface area contributed by atoms with Crippen molar-refractivity contribution >= 4 is 35.2 Å². The van der Waals surface area contributed by atoms with E-state index in [9.17, 15) is 18.0 Å². The summed E-state index contributed by atoms with van der Waals surface area (Å²) in [6.07, 6.45) is 3.69. The molecule has 0 fully saturated rings. The fourth-order valence-electron chi connectivity index (χ4n) is 3.55. The molecule has 0 aliphatic heterocycles. The molecule has 1 amide bonds. The van der Waals surface area contributed by atoms with E-state index < -0.39 is 23.1 Å². The van der Waals surface area contributed by atoms with Crippen molar-refractivity contribution < 1.29 is 27.4 Å². The third-order valence-corrected chi connectivity index (χ3v) is 5.93.